The van der Waals surface area contributed by atoms with Crippen molar-refractivity contribution in [3.63, 3.8) is 0 Å². The number of quaternary nitrogens is 2. The molecular formula is C21H25F3N6+2. The molecule has 0 spiro atoms. The van der Waals surface area contributed by atoms with Crippen LogP contribution >= 0.6 is 0 Å². The Hall–Kier alpha value is -2.78. The maximum absolute atomic E-state index is 13.4. The fraction of sp³-hybridized carbons (Fsp3) is 0.381. The molecule has 158 valence electrons. The molecule has 6 nitrogen and oxygen atoms in total. The van der Waals surface area contributed by atoms with Crippen LogP contribution in [0.15, 0.2) is 54.6 Å². The Morgan fingerprint density at radius 1 is 1.00 bits per heavy atom. The second-order valence-electron chi connectivity index (χ2n) is 7.85. The molecule has 0 radical (unpaired) electrons. The average molecular weight is 418 g/mol. The number of rotatable bonds is 5. The molecule has 1 aliphatic heterocycles. The largest absolute Gasteiger partial charge is 0.416 e. The van der Waals surface area contributed by atoms with Crippen molar-refractivity contribution in [3.05, 3.63) is 77.1 Å². The van der Waals surface area contributed by atoms with Gasteiger partial charge in [0, 0.05) is 5.56 Å². The van der Waals surface area contributed by atoms with Crippen molar-refractivity contribution in [1.29, 1.82) is 0 Å². The predicted octanol–water partition coefficient (Wildman–Crippen LogP) is 0.243. The summed E-state index contributed by atoms with van der Waals surface area (Å²) in [6.07, 6.45) is -4.39. The zero-order chi connectivity index (χ0) is 21.1. The third-order valence-electron chi connectivity index (χ3n) is 5.69. The van der Waals surface area contributed by atoms with Crippen LogP contribution in [-0.2, 0) is 12.7 Å². The standard InChI is InChI=1S/C21H23F3N6/c1-28-10-12-29(13-11-28)19(17-8-5-9-18(14-17)21(22,23)24)20-25-26-27-30(20)15-16-6-3-2-4-7-16/h2-9,14,19H,10-13,15H2,1H3/p+2/t19-/m0/s1. The number of benzene rings is 2. The molecule has 9 heteroatoms. The first kappa shape index (κ1) is 20.5. The van der Waals surface area contributed by atoms with Gasteiger partial charge in [0.15, 0.2) is 6.04 Å². The molecule has 0 aliphatic carbocycles. The van der Waals surface area contributed by atoms with Crippen molar-refractivity contribution >= 4 is 0 Å². The first-order valence-electron chi connectivity index (χ1n) is 10.0. The van der Waals surface area contributed by atoms with Crippen LogP contribution in [0.25, 0.3) is 0 Å². The minimum Gasteiger partial charge on any atom is -0.328 e. The Bertz CT molecular complexity index is 964. The summed E-state index contributed by atoms with van der Waals surface area (Å²) in [5.74, 6) is 0.590. The third kappa shape index (κ3) is 4.52. The van der Waals surface area contributed by atoms with Gasteiger partial charge in [-0.2, -0.15) is 13.2 Å². The van der Waals surface area contributed by atoms with Crippen LogP contribution in [0.2, 0.25) is 0 Å². The molecule has 0 saturated carbocycles. The summed E-state index contributed by atoms with van der Waals surface area (Å²) in [5.41, 5.74) is 0.974. The van der Waals surface area contributed by atoms with Crippen LogP contribution in [0, 0.1) is 0 Å². The Balaban J connectivity index is 1.73. The number of hydrogen-bond donors (Lipinski definition) is 2. The summed E-state index contributed by atoms with van der Waals surface area (Å²) in [5, 5.41) is 12.3. The van der Waals surface area contributed by atoms with Gasteiger partial charge in [-0.15, -0.1) is 5.10 Å². The number of nitrogens with one attached hydrogen (secondary N) is 2. The van der Waals surface area contributed by atoms with E-state index in [4.69, 9.17) is 0 Å². The number of tetrazole rings is 1. The summed E-state index contributed by atoms with van der Waals surface area (Å²) in [6, 6.07) is 15.0. The molecule has 1 atom stereocenters. The van der Waals surface area contributed by atoms with Gasteiger partial charge in [-0.25, -0.2) is 4.68 Å². The number of halogens is 3. The van der Waals surface area contributed by atoms with E-state index in [0.717, 1.165) is 37.8 Å². The lowest BCUT2D eigenvalue weighted by Gasteiger charge is -2.33. The highest BCUT2D eigenvalue weighted by molar-refractivity contribution is 5.30. The van der Waals surface area contributed by atoms with Crippen molar-refractivity contribution in [1.82, 2.24) is 20.2 Å². The summed E-state index contributed by atoms with van der Waals surface area (Å²) in [6.45, 7) is 4.04. The lowest BCUT2D eigenvalue weighted by molar-refractivity contribution is -1.02. The van der Waals surface area contributed by atoms with Gasteiger partial charge < -0.3 is 9.80 Å². The SMILES string of the molecule is C[NH+]1CC[NH+]([C@@H](c2cccc(C(F)(F)F)c2)c2nnnn2Cc2ccccc2)CC1. The second-order valence-corrected chi connectivity index (χ2v) is 7.85. The first-order chi connectivity index (χ1) is 14.4. The van der Waals surface area contributed by atoms with Gasteiger partial charge in [-0.1, -0.05) is 42.5 Å². The second kappa shape index (κ2) is 8.53. The van der Waals surface area contributed by atoms with E-state index in [9.17, 15) is 13.2 Å². The van der Waals surface area contributed by atoms with E-state index < -0.39 is 11.7 Å². The van der Waals surface area contributed by atoms with Crippen LogP contribution in [0.5, 0.6) is 0 Å². The van der Waals surface area contributed by atoms with Gasteiger partial charge in [0.05, 0.1) is 19.2 Å². The maximum Gasteiger partial charge on any atom is 0.416 e. The maximum atomic E-state index is 13.4. The van der Waals surface area contributed by atoms with Crippen LogP contribution in [0.3, 0.4) is 0 Å². The average Bonchev–Trinajstić information content (AvgIpc) is 3.18. The predicted molar refractivity (Wildman–Crippen MR) is 104 cm³/mol. The van der Waals surface area contributed by atoms with Gasteiger partial charge >= 0.3 is 6.18 Å². The lowest BCUT2D eigenvalue weighted by atomic mass is 10.0. The van der Waals surface area contributed by atoms with Gasteiger partial charge in [-0.05, 0) is 28.1 Å². The first-order valence-corrected chi connectivity index (χ1v) is 10.0. The number of likely N-dealkylation sites (N-methyl/N-ethyl adjacent to an activating group) is 1. The van der Waals surface area contributed by atoms with Crippen molar-refractivity contribution in [2.24, 2.45) is 0 Å². The van der Waals surface area contributed by atoms with Crippen LogP contribution in [0.1, 0.15) is 28.6 Å². The summed E-state index contributed by atoms with van der Waals surface area (Å²) >= 11 is 0. The molecule has 2 heterocycles. The Morgan fingerprint density at radius 2 is 1.73 bits per heavy atom. The number of aromatic nitrogens is 4. The van der Waals surface area contributed by atoms with Crippen molar-refractivity contribution in [2.75, 3.05) is 33.2 Å². The Labute approximate surface area is 172 Å². The number of alkyl halides is 3. The van der Waals surface area contributed by atoms with E-state index in [0.29, 0.717) is 17.9 Å². The van der Waals surface area contributed by atoms with Crippen molar-refractivity contribution < 1.29 is 23.0 Å². The summed E-state index contributed by atoms with van der Waals surface area (Å²) < 4.78 is 41.8. The van der Waals surface area contributed by atoms with E-state index in [1.807, 2.05) is 30.3 Å². The molecule has 2 aromatic carbocycles. The molecule has 3 aromatic rings. The van der Waals surface area contributed by atoms with Crippen molar-refractivity contribution in [2.45, 2.75) is 18.8 Å². The van der Waals surface area contributed by atoms with Gasteiger partial charge in [-0.3, -0.25) is 0 Å². The quantitative estimate of drug-likeness (QED) is 0.625. The highest BCUT2D eigenvalue weighted by atomic mass is 19.4. The molecule has 30 heavy (non-hydrogen) atoms. The monoisotopic (exact) mass is 418 g/mol. The van der Waals surface area contributed by atoms with E-state index >= 15 is 0 Å². The summed E-state index contributed by atoms with van der Waals surface area (Å²) in [4.78, 5) is 2.61. The Kier molecular flexibility index (Phi) is 5.83. The molecule has 0 bridgehead atoms. The fourth-order valence-corrected chi connectivity index (χ4v) is 4.04. The molecule has 0 amide bonds. The van der Waals surface area contributed by atoms with E-state index in [1.165, 1.54) is 21.9 Å². The zero-order valence-electron chi connectivity index (χ0n) is 16.7. The van der Waals surface area contributed by atoms with Crippen molar-refractivity contribution in [3.8, 4) is 0 Å². The van der Waals surface area contributed by atoms with E-state index in [1.54, 1.807) is 10.7 Å². The number of nitrogens with zero attached hydrogens (tertiary/aromatic N) is 4. The van der Waals surface area contributed by atoms with Gasteiger partial charge in [0.1, 0.15) is 26.2 Å². The highest BCUT2D eigenvalue weighted by Gasteiger charge is 2.37. The highest BCUT2D eigenvalue weighted by Crippen LogP contribution is 2.31. The van der Waals surface area contributed by atoms with E-state index in [2.05, 4.69) is 22.6 Å². The molecular weight excluding hydrogens is 393 g/mol. The molecule has 1 aromatic heterocycles. The molecule has 1 fully saturated rings. The van der Waals surface area contributed by atoms with Gasteiger partial charge in [0.2, 0.25) is 5.82 Å². The van der Waals surface area contributed by atoms with Crippen LogP contribution < -0.4 is 9.80 Å². The molecule has 4 rings (SSSR count). The number of piperazine rings is 1. The summed E-state index contributed by atoms with van der Waals surface area (Å²) in [7, 11) is 2.13. The lowest BCUT2D eigenvalue weighted by Crippen LogP contribution is -3.27. The third-order valence-corrected chi connectivity index (χ3v) is 5.69. The molecule has 2 N–H and O–H groups in total. The molecule has 1 aliphatic rings. The van der Waals surface area contributed by atoms with Crippen LogP contribution in [-0.4, -0.2) is 53.4 Å². The molecule has 1 saturated heterocycles. The normalized spacial score (nSPS) is 20.8. The topological polar surface area (TPSA) is 52.5 Å². The van der Waals surface area contributed by atoms with Crippen LogP contribution in [0.4, 0.5) is 13.2 Å². The Morgan fingerprint density at radius 3 is 2.43 bits per heavy atom. The smallest absolute Gasteiger partial charge is 0.328 e. The minimum atomic E-state index is -4.39. The fourth-order valence-electron chi connectivity index (χ4n) is 4.04. The zero-order valence-corrected chi connectivity index (χ0v) is 16.7. The number of hydrogen-bond acceptors (Lipinski definition) is 3. The molecule has 0 unspecified atom stereocenters. The minimum absolute atomic E-state index is 0.362. The van der Waals surface area contributed by atoms with E-state index in [-0.39, 0.29) is 6.04 Å². The van der Waals surface area contributed by atoms with Gasteiger partial charge in [0.25, 0.3) is 0 Å².